The topological polar surface area (TPSA) is 91.1 Å². The third kappa shape index (κ3) is 5.37. The van der Waals surface area contributed by atoms with Crippen molar-refractivity contribution in [2.45, 2.75) is 6.42 Å². The predicted molar refractivity (Wildman–Crippen MR) is 101 cm³/mol. The van der Waals surface area contributed by atoms with Crippen molar-refractivity contribution in [1.29, 1.82) is 0 Å². The van der Waals surface area contributed by atoms with E-state index in [1.54, 1.807) is 37.3 Å². The molecular formula is C20H24N2O5. The minimum atomic E-state index is -0.590. The molecule has 0 saturated carbocycles. The third-order valence-electron chi connectivity index (χ3n) is 4.04. The number of likely N-dealkylation sites (N-methyl/N-ethyl adjacent to an activating group) is 1. The monoisotopic (exact) mass is 372 g/mol. The highest BCUT2D eigenvalue weighted by Gasteiger charge is 2.16. The number of carbonyl (C=O) groups is 2. The maximum absolute atomic E-state index is 12.7. The molecule has 0 aliphatic heterocycles. The number of primary amides is 1. The molecule has 0 saturated heterocycles. The van der Waals surface area contributed by atoms with E-state index in [1.165, 1.54) is 7.11 Å². The number of ether oxygens (including phenoxy) is 3. The Balaban J connectivity index is 2.06. The fourth-order valence-electron chi connectivity index (χ4n) is 2.59. The fraction of sp³-hybridized carbons (Fsp3) is 0.300. The normalized spacial score (nSPS) is 10.2. The largest absolute Gasteiger partial charge is 0.496 e. The Morgan fingerprint density at radius 3 is 2.37 bits per heavy atom. The summed E-state index contributed by atoms with van der Waals surface area (Å²) in [7, 11) is 4.83. The van der Waals surface area contributed by atoms with Gasteiger partial charge in [0.15, 0.2) is 18.1 Å². The summed E-state index contributed by atoms with van der Waals surface area (Å²) >= 11 is 0. The number of nitrogens with two attached hydrogens (primary N) is 1. The van der Waals surface area contributed by atoms with E-state index in [2.05, 4.69) is 0 Å². The van der Waals surface area contributed by atoms with Crippen LogP contribution in [0.4, 0.5) is 0 Å². The van der Waals surface area contributed by atoms with Gasteiger partial charge in [-0.15, -0.1) is 0 Å². The van der Waals surface area contributed by atoms with Gasteiger partial charge in [-0.1, -0.05) is 18.2 Å². The lowest BCUT2D eigenvalue weighted by Gasteiger charge is -2.19. The van der Waals surface area contributed by atoms with Gasteiger partial charge in [0, 0.05) is 19.2 Å². The molecule has 0 fully saturated rings. The Morgan fingerprint density at radius 2 is 1.70 bits per heavy atom. The summed E-state index contributed by atoms with van der Waals surface area (Å²) in [6, 6.07) is 12.5. The van der Waals surface area contributed by atoms with Gasteiger partial charge in [0.1, 0.15) is 5.75 Å². The Bertz CT molecular complexity index is 807. The van der Waals surface area contributed by atoms with Gasteiger partial charge < -0.3 is 24.8 Å². The molecule has 144 valence electrons. The molecule has 2 N–H and O–H groups in total. The second kappa shape index (κ2) is 9.47. The second-order valence-electron chi connectivity index (χ2n) is 5.91. The molecule has 7 nitrogen and oxygen atoms in total. The molecule has 0 bridgehead atoms. The van der Waals surface area contributed by atoms with Crippen molar-refractivity contribution in [3.63, 3.8) is 0 Å². The van der Waals surface area contributed by atoms with Gasteiger partial charge in [-0.25, -0.2) is 0 Å². The van der Waals surface area contributed by atoms with Crippen molar-refractivity contribution in [3.05, 3.63) is 53.6 Å². The first-order valence-corrected chi connectivity index (χ1v) is 8.42. The average Bonchev–Trinajstić information content (AvgIpc) is 2.69. The lowest BCUT2D eigenvalue weighted by molar-refractivity contribution is -0.119. The number of hydrogen-bond acceptors (Lipinski definition) is 5. The molecule has 7 heteroatoms. The molecule has 0 aliphatic carbocycles. The van der Waals surface area contributed by atoms with Crippen LogP contribution in [0.15, 0.2) is 42.5 Å². The lowest BCUT2D eigenvalue weighted by atomic mass is 10.1. The van der Waals surface area contributed by atoms with Gasteiger partial charge in [-0.3, -0.25) is 9.59 Å². The van der Waals surface area contributed by atoms with Crippen molar-refractivity contribution in [1.82, 2.24) is 4.90 Å². The quantitative estimate of drug-likeness (QED) is 0.726. The van der Waals surface area contributed by atoms with E-state index >= 15 is 0 Å². The number of rotatable bonds is 9. The summed E-state index contributed by atoms with van der Waals surface area (Å²) < 4.78 is 15.9. The maximum Gasteiger partial charge on any atom is 0.255 e. The summed E-state index contributed by atoms with van der Waals surface area (Å²) in [5.41, 5.74) is 6.57. The fourth-order valence-corrected chi connectivity index (χ4v) is 2.59. The first-order chi connectivity index (χ1) is 13.0. The number of methoxy groups -OCH3 is 2. The van der Waals surface area contributed by atoms with Crippen molar-refractivity contribution in [3.8, 4) is 17.2 Å². The van der Waals surface area contributed by atoms with E-state index in [0.717, 1.165) is 11.3 Å². The number of carbonyl (C=O) groups excluding carboxylic acids is 2. The van der Waals surface area contributed by atoms with E-state index in [9.17, 15) is 9.59 Å². The Labute approximate surface area is 158 Å². The van der Waals surface area contributed by atoms with E-state index in [4.69, 9.17) is 19.9 Å². The summed E-state index contributed by atoms with van der Waals surface area (Å²) in [5, 5.41) is 0. The van der Waals surface area contributed by atoms with Crippen LogP contribution < -0.4 is 19.9 Å². The van der Waals surface area contributed by atoms with Crippen LogP contribution in [0.25, 0.3) is 0 Å². The molecule has 0 heterocycles. The van der Waals surface area contributed by atoms with Crippen LogP contribution in [0.1, 0.15) is 15.9 Å². The third-order valence-corrected chi connectivity index (χ3v) is 4.04. The van der Waals surface area contributed by atoms with Gasteiger partial charge in [-0.2, -0.15) is 0 Å². The molecule has 0 radical (unpaired) electrons. The smallest absolute Gasteiger partial charge is 0.255 e. The van der Waals surface area contributed by atoms with Gasteiger partial charge in [0.25, 0.3) is 11.8 Å². The van der Waals surface area contributed by atoms with E-state index in [-0.39, 0.29) is 12.5 Å². The van der Waals surface area contributed by atoms with Crippen molar-refractivity contribution in [2.75, 3.05) is 34.4 Å². The molecule has 0 aromatic heterocycles. The van der Waals surface area contributed by atoms with Crippen LogP contribution in [0, 0.1) is 0 Å². The van der Waals surface area contributed by atoms with Gasteiger partial charge in [0.2, 0.25) is 0 Å². The Hall–Kier alpha value is -3.22. The summed E-state index contributed by atoms with van der Waals surface area (Å²) in [4.78, 5) is 25.2. The molecule has 27 heavy (non-hydrogen) atoms. The first kappa shape index (κ1) is 20.1. The van der Waals surface area contributed by atoms with E-state index < -0.39 is 5.91 Å². The molecule has 2 amide bonds. The molecule has 0 aliphatic rings. The standard InChI is InChI=1S/C20H24N2O5/c1-22(11-10-14-6-4-5-7-16(14)25-2)20(24)15-8-9-17(18(12-15)26-3)27-13-19(21)23/h4-9,12H,10-11,13H2,1-3H3,(H2,21,23). The minimum absolute atomic E-state index is 0.148. The van der Waals surface area contributed by atoms with Gasteiger partial charge in [-0.05, 0) is 36.2 Å². The Morgan fingerprint density at radius 1 is 1.00 bits per heavy atom. The Kier molecular flexibility index (Phi) is 7.05. The zero-order valence-electron chi connectivity index (χ0n) is 15.7. The lowest BCUT2D eigenvalue weighted by Crippen LogP contribution is -2.29. The molecule has 0 atom stereocenters. The van der Waals surface area contributed by atoms with Crippen molar-refractivity contribution >= 4 is 11.8 Å². The van der Waals surface area contributed by atoms with Crippen LogP contribution in [0.5, 0.6) is 17.2 Å². The first-order valence-electron chi connectivity index (χ1n) is 8.42. The SMILES string of the molecule is COc1ccccc1CCN(C)C(=O)c1ccc(OCC(N)=O)c(OC)c1. The van der Waals surface area contributed by atoms with E-state index in [1.807, 2.05) is 24.3 Å². The highest BCUT2D eigenvalue weighted by atomic mass is 16.5. The second-order valence-corrected chi connectivity index (χ2v) is 5.91. The number of amides is 2. The van der Waals surface area contributed by atoms with Crippen LogP contribution in [0.3, 0.4) is 0 Å². The van der Waals surface area contributed by atoms with Crippen molar-refractivity contribution < 1.29 is 23.8 Å². The minimum Gasteiger partial charge on any atom is -0.496 e. The summed E-state index contributed by atoms with van der Waals surface area (Å²) in [6.07, 6.45) is 0.670. The number of hydrogen-bond donors (Lipinski definition) is 1. The molecule has 2 rings (SSSR count). The summed E-state index contributed by atoms with van der Waals surface area (Å²) in [5.74, 6) is 0.777. The zero-order chi connectivity index (χ0) is 19.8. The van der Waals surface area contributed by atoms with Crippen molar-refractivity contribution in [2.24, 2.45) is 5.73 Å². The molecule has 0 spiro atoms. The van der Waals surface area contributed by atoms with Crippen LogP contribution in [-0.2, 0) is 11.2 Å². The van der Waals surface area contributed by atoms with Crippen LogP contribution in [0.2, 0.25) is 0 Å². The highest BCUT2D eigenvalue weighted by molar-refractivity contribution is 5.94. The molecule has 0 unspecified atom stereocenters. The highest BCUT2D eigenvalue weighted by Crippen LogP contribution is 2.28. The van der Waals surface area contributed by atoms with Crippen LogP contribution in [-0.4, -0.2) is 51.1 Å². The zero-order valence-corrected chi connectivity index (χ0v) is 15.7. The maximum atomic E-state index is 12.7. The molecule has 2 aromatic carbocycles. The number of nitrogens with zero attached hydrogens (tertiary/aromatic N) is 1. The number of benzene rings is 2. The van der Waals surface area contributed by atoms with Gasteiger partial charge >= 0.3 is 0 Å². The van der Waals surface area contributed by atoms with E-state index in [0.29, 0.717) is 30.0 Å². The van der Waals surface area contributed by atoms with Crippen LogP contribution >= 0.6 is 0 Å². The molecular weight excluding hydrogens is 348 g/mol. The predicted octanol–water partition coefficient (Wildman–Crippen LogP) is 1.88. The average molecular weight is 372 g/mol. The number of para-hydroxylation sites is 1. The van der Waals surface area contributed by atoms with Gasteiger partial charge in [0.05, 0.1) is 14.2 Å². The summed E-state index contributed by atoms with van der Waals surface area (Å²) in [6.45, 7) is 0.268. The molecule has 2 aromatic rings.